The topological polar surface area (TPSA) is 35.2 Å². The second-order valence-electron chi connectivity index (χ2n) is 7.92. The van der Waals surface area contributed by atoms with Crippen molar-refractivity contribution in [3.63, 3.8) is 0 Å². The van der Waals surface area contributed by atoms with E-state index in [9.17, 15) is 4.39 Å². The van der Waals surface area contributed by atoms with Crippen molar-refractivity contribution in [1.29, 1.82) is 0 Å². The molecule has 1 heterocycles. The van der Waals surface area contributed by atoms with Crippen LogP contribution in [0.4, 0.5) is 4.39 Å². The van der Waals surface area contributed by atoms with Crippen LogP contribution in [0.3, 0.4) is 0 Å². The van der Waals surface area contributed by atoms with Gasteiger partial charge in [-0.1, -0.05) is 20.8 Å². The van der Waals surface area contributed by atoms with E-state index < -0.39 is 0 Å². The van der Waals surface area contributed by atoms with Gasteiger partial charge >= 0.3 is 0 Å². The third-order valence-electron chi connectivity index (χ3n) is 5.41. The van der Waals surface area contributed by atoms with Crippen LogP contribution in [0.5, 0.6) is 5.75 Å². The Kier molecular flexibility index (Phi) is 3.52. The highest BCUT2D eigenvalue weighted by molar-refractivity contribution is 5.39. The number of ether oxygens (including phenoxy) is 1. The van der Waals surface area contributed by atoms with E-state index in [0.29, 0.717) is 5.41 Å². The van der Waals surface area contributed by atoms with Gasteiger partial charge in [0.1, 0.15) is 17.2 Å². The lowest BCUT2D eigenvalue weighted by atomic mass is 9.66. The molecule has 2 N–H and O–H groups in total. The van der Waals surface area contributed by atoms with E-state index >= 15 is 0 Å². The van der Waals surface area contributed by atoms with Gasteiger partial charge in [-0.25, -0.2) is 4.39 Å². The SMILES string of the molecule is CC(C)(C)C1CCC2(CC1)C[C@H](N)c1cc(F)ccc1O2. The molecule has 0 radical (unpaired) electrons. The summed E-state index contributed by atoms with van der Waals surface area (Å²) in [6, 6.07) is 4.61. The molecule has 2 nitrogen and oxygen atoms in total. The van der Waals surface area contributed by atoms with Gasteiger partial charge in [-0.05, 0) is 55.2 Å². The summed E-state index contributed by atoms with van der Waals surface area (Å²) < 4.78 is 19.7. The van der Waals surface area contributed by atoms with Crippen LogP contribution in [-0.4, -0.2) is 5.60 Å². The summed E-state index contributed by atoms with van der Waals surface area (Å²) in [4.78, 5) is 0. The van der Waals surface area contributed by atoms with Crippen LogP contribution in [0.15, 0.2) is 18.2 Å². The van der Waals surface area contributed by atoms with Gasteiger partial charge < -0.3 is 10.5 Å². The summed E-state index contributed by atoms with van der Waals surface area (Å²) in [6.07, 6.45) is 5.29. The first kappa shape index (κ1) is 14.8. The Balaban J connectivity index is 1.79. The average Bonchev–Trinajstić information content (AvgIpc) is 2.39. The van der Waals surface area contributed by atoms with E-state index in [1.807, 2.05) is 0 Å². The Morgan fingerprint density at radius 1 is 1.24 bits per heavy atom. The predicted molar refractivity (Wildman–Crippen MR) is 82.7 cm³/mol. The molecule has 1 spiro atoms. The lowest BCUT2D eigenvalue weighted by Gasteiger charge is -2.47. The number of fused-ring (bicyclic) bond motifs is 1. The normalized spacial score (nSPS) is 32.6. The Morgan fingerprint density at radius 3 is 2.52 bits per heavy atom. The van der Waals surface area contributed by atoms with E-state index in [4.69, 9.17) is 10.5 Å². The van der Waals surface area contributed by atoms with Crippen molar-refractivity contribution in [3.8, 4) is 5.75 Å². The predicted octanol–water partition coefficient (Wildman–Crippen LogP) is 4.58. The summed E-state index contributed by atoms with van der Waals surface area (Å²) in [5.74, 6) is 1.29. The average molecular weight is 291 g/mol. The highest BCUT2D eigenvalue weighted by Crippen LogP contribution is 2.49. The van der Waals surface area contributed by atoms with Gasteiger partial charge in [-0.3, -0.25) is 0 Å². The summed E-state index contributed by atoms with van der Waals surface area (Å²) in [5, 5.41) is 0. The molecule has 116 valence electrons. The van der Waals surface area contributed by atoms with Crippen molar-refractivity contribution in [2.45, 2.75) is 64.5 Å². The van der Waals surface area contributed by atoms with Gasteiger partial charge in [-0.2, -0.15) is 0 Å². The first-order chi connectivity index (χ1) is 9.79. The van der Waals surface area contributed by atoms with Crippen molar-refractivity contribution in [2.24, 2.45) is 17.1 Å². The summed E-state index contributed by atoms with van der Waals surface area (Å²) in [5.41, 5.74) is 7.34. The molecule has 1 aromatic carbocycles. The highest BCUT2D eigenvalue weighted by atomic mass is 19.1. The lowest BCUT2D eigenvalue weighted by Crippen LogP contribution is -2.46. The van der Waals surface area contributed by atoms with Crippen LogP contribution < -0.4 is 10.5 Å². The molecule has 1 atom stereocenters. The van der Waals surface area contributed by atoms with Crippen molar-refractivity contribution in [1.82, 2.24) is 0 Å². The minimum Gasteiger partial charge on any atom is -0.487 e. The van der Waals surface area contributed by atoms with Crippen molar-refractivity contribution in [2.75, 3.05) is 0 Å². The van der Waals surface area contributed by atoms with Crippen LogP contribution in [-0.2, 0) is 0 Å². The highest BCUT2D eigenvalue weighted by Gasteiger charge is 2.44. The van der Waals surface area contributed by atoms with Gasteiger partial charge in [0.2, 0.25) is 0 Å². The molecule has 0 unspecified atom stereocenters. The molecular weight excluding hydrogens is 265 g/mol. The number of hydrogen-bond donors (Lipinski definition) is 1. The molecule has 1 fully saturated rings. The molecule has 0 bridgehead atoms. The molecule has 1 aliphatic carbocycles. The largest absolute Gasteiger partial charge is 0.487 e. The standard InChI is InChI=1S/C18H26FNO/c1-17(2,3)12-6-8-18(9-7-12)11-15(20)14-10-13(19)4-5-16(14)21-18/h4-5,10,12,15H,6-9,11,20H2,1-3H3/t12?,15-,18?/m0/s1. The van der Waals surface area contributed by atoms with Crippen molar-refractivity contribution < 1.29 is 9.13 Å². The molecule has 0 saturated heterocycles. The van der Waals surface area contributed by atoms with Crippen LogP contribution in [0.2, 0.25) is 0 Å². The maximum Gasteiger partial charge on any atom is 0.125 e. The number of halogens is 1. The maximum absolute atomic E-state index is 13.4. The number of hydrogen-bond acceptors (Lipinski definition) is 2. The first-order valence-electron chi connectivity index (χ1n) is 8.03. The first-order valence-corrected chi connectivity index (χ1v) is 8.03. The fourth-order valence-electron chi connectivity index (χ4n) is 4.00. The van der Waals surface area contributed by atoms with Crippen LogP contribution in [0.25, 0.3) is 0 Å². The zero-order valence-corrected chi connectivity index (χ0v) is 13.3. The molecule has 0 amide bonds. The van der Waals surface area contributed by atoms with Crippen LogP contribution in [0.1, 0.15) is 64.5 Å². The number of rotatable bonds is 0. The molecule has 2 aliphatic rings. The molecule has 1 saturated carbocycles. The zero-order valence-electron chi connectivity index (χ0n) is 13.3. The lowest BCUT2D eigenvalue weighted by molar-refractivity contribution is -0.0255. The summed E-state index contributed by atoms with van der Waals surface area (Å²) >= 11 is 0. The van der Waals surface area contributed by atoms with Gasteiger partial charge in [0.25, 0.3) is 0 Å². The third-order valence-corrected chi connectivity index (χ3v) is 5.41. The second-order valence-corrected chi connectivity index (χ2v) is 7.92. The molecule has 0 aromatic heterocycles. The molecule has 1 aliphatic heterocycles. The second kappa shape index (κ2) is 4.98. The molecular formula is C18H26FNO. The summed E-state index contributed by atoms with van der Waals surface area (Å²) in [7, 11) is 0. The monoisotopic (exact) mass is 291 g/mol. The molecule has 3 rings (SSSR count). The number of benzene rings is 1. The van der Waals surface area contributed by atoms with Gasteiger partial charge in [-0.15, -0.1) is 0 Å². The van der Waals surface area contributed by atoms with Crippen LogP contribution in [0, 0.1) is 17.2 Å². The van der Waals surface area contributed by atoms with E-state index in [1.54, 1.807) is 6.07 Å². The Morgan fingerprint density at radius 2 is 1.90 bits per heavy atom. The minimum absolute atomic E-state index is 0.115. The van der Waals surface area contributed by atoms with E-state index in [-0.39, 0.29) is 17.5 Å². The fourth-order valence-corrected chi connectivity index (χ4v) is 4.00. The third kappa shape index (κ3) is 2.80. The Hall–Kier alpha value is -1.09. The van der Waals surface area contributed by atoms with Gasteiger partial charge in [0.15, 0.2) is 0 Å². The number of nitrogens with two attached hydrogens (primary N) is 1. The Bertz CT molecular complexity index is 527. The van der Waals surface area contributed by atoms with Crippen LogP contribution >= 0.6 is 0 Å². The van der Waals surface area contributed by atoms with E-state index in [1.165, 1.54) is 25.0 Å². The van der Waals surface area contributed by atoms with Gasteiger partial charge in [0.05, 0.1) is 0 Å². The summed E-state index contributed by atoms with van der Waals surface area (Å²) in [6.45, 7) is 6.96. The molecule has 1 aromatic rings. The van der Waals surface area contributed by atoms with E-state index in [2.05, 4.69) is 20.8 Å². The van der Waals surface area contributed by atoms with Crippen molar-refractivity contribution >= 4 is 0 Å². The quantitative estimate of drug-likeness (QED) is 0.759. The molecule has 21 heavy (non-hydrogen) atoms. The molecule has 3 heteroatoms. The smallest absolute Gasteiger partial charge is 0.125 e. The minimum atomic E-state index is -0.236. The fraction of sp³-hybridized carbons (Fsp3) is 0.667. The Labute approximate surface area is 126 Å². The maximum atomic E-state index is 13.4. The van der Waals surface area contributed by atoms with Gasteiger partial charge in [0, 0.05) is 18.0 Å². The van der Waals surface area contributed by atoms with Crippen molar-refractivity contribution in [3.05, 3.63) is 29.6 Å². The van der Waals surface area contributed by atoms with E-state index in [0.717, 1.165) is 36.5 Å². The zero-order chi connectivity index (χ0) is 15.3.